The summed E-state index contributed by atoms with van der Waals surface area (Å²) in [6, 6.07) is 4.93. The molecule has 0 bridgehead atoms. The van der Waals surface area contributed by atoms with Gasteiger partial charge in [-0.15, -0.1) is 0 Å². The second-order valence-electron chi connectivity index (χ2n) is 2.66. The number of halogens is 1. The zero-order chi connectivity index (χ0) is 11.3. The van der Waals surface area contributed by atoms with E-state index in [1.54, 1.807) is 25.3 Å². The lowest BCUT2D eigenvalue weighted by molar-refractivity contribution is 0.100. The maximum absolute atomic E-state index is 11.4. The van der Waals surface area contributed by atoms with Crippen molar-refractivity contribution in [1.29, 1.82) is 0 Å². The Hall–Kier alpha value is -1.52. The van der Waals surface area contributed by atoms with Crippen LogP contribution in [0.2, 0.25) is 0 Å². The average Bonchev–Trinajstić information content (AvgIpc) is 2.25. The fourth-order valence-electron chi connectivity index (χ4n) is 1.03. The second kappa shape index (κ2) is 5.38. The molecule has 0 unspecified atom stereocenters. The summed E-state index contributed by atoms with van der Waals surface area (Å²) >= 11 is 3.26. The zero-order valence-electron chi connectivity index (χ0n) is 7.98. The third kappa shape index (κ3) is 2.97. The standard InChI is InChI=1S/C9H8BrN3O2/c1-15-9-3-2-6(4-7(9)10)8(14)5-12-13-11/h2-4H,5H2,1H3. The topological polar surface area (TPSA) is 75.1 Å². The molecule has 5 nitrogen and oxygen atoms in total. The highest BCUT2D eigenvalue weighted by atomic mass is 79.9. The van der Waals surface area contributed by atoms with Crippen LogP contribution in [0.15, 0.2) is 27.8 Å². The summed E-state index contributed by atoms with van der Waals surface area (Å²) in [6.45, 7) is -0.171. The molecule has 0 amide bonds. The molecule has 6 heteroatoms. The van der Waals surface area contributed by atoms with Crippen LogP contribution in [0.1, 0.15) is 10.4 Å². The van der Waals surface area contributed by atoms with Crippen molar-refractivity contribution in [1.82, 2.24) is 0 Å². The summed E-state index contributed by atoms with van der Waals surface area (Å²) in [6.07, 6.45) is 0. The minimum absolute atomic E-state index is 0.171. The molecule has 0 aliphatic rings. The van der Waals surface area contributed by atoms with Crippen molar-refractivity contribution in [2.75, 3.05) is 13.7 Å². The molecule has 0 radical (unpaired) electrons. The summed E-state index contributed by atoms with van der Waals surface area (Å²) in [5.41, 5.74) is 8.56. The number of nitrogens with zero attached hydrogens (tertiary/aromatic N) is 3. The largest absolute Gasteiger partial charge is 0.496 e. The number of ether oxygens (including phenoxy) is 1. The lowest BCUT2D eigenvalue weighted by Crippen LogP contribution is -2.02. The summed E-state index contributed by atoms with van der Waals surface area (Å²) < 4.78 is 5.71. The molecule has 1 rings (SSSR count). The first-order valence-corrected chi connectivity index (χ1v) is 4.86. The Morgan fingerprint density at radius 2 is 2.40 bits per heavy atom. The van der Waals surface area contributed by atoms with E-state index in [0.29, 0.717) is 15.8 Å². The number of benzene rings is 1. The fraction of sp³-hybridized carbons (Fsp3) is 0.222. The Labute approximate surface area is 94.8 Å². The predicted molar refractivity (Wildman–Crippen MR) is 59.0 cm³/mol. The summed E-state index contributed by atoms with van der Waals surface area (Å²) in [4.78, 5) is 14.0. The molecule has 15 heavy (non-hydrogen) atoms. The normalized spacial score (nSPS) is 9.20. The highest BCUT2D eigenvalue weighted by Crippen LogP contribution is 2.25. The monoisotopic (exact) mass is 269 g/mol. The molecule has 1 aromatic carbocycles. The van der Waals surface area contributed by atoms with Crippen molar-refractivity contribution >= 4 is 21.7 Å². The van der Waals surface area contributed by atoms with Crippen molar-refractivity contribution in [2.24, 2.45) is 5.11 Å². The highest BCUT2D eigenvalue weighted by Gasteiger charge is 2.07. The lowest BCUT2D eigenvalue weighted by atomic mass is 10.1. The zero-order valence-corrected chi connectivity index (χ0v) is 9.56. The second-order valence-corrected chi connectivity index (χ2v) is 3.52. The Balaban J connectivity index is 2.91. The quantitative estimate of drug-likeness (QED) is 0.365. The third-order valence-electron chi connectivity index (χ3n) is 1.75. The van der Waals surface area contributed by atoms with Crippen molar-refractivity contribution < 1.29 is 9.53 Å². The molecule has 0 fully saturated rings. The molecule has 0 heterocycles. The minimum atomic E-state index is -0.226. The number of rotatable bonds is 4. The molecule has 1 aromatic rings. The maximum Gasteiger partial charge on any atom is 0.168 e. The number of carbonyl (C=O) groups is 1. The number of hydrogen-bond donors (Lipinski definition) is 0. The molecule has 0 saturated carbocycles. The van der Waals surface area contributed by atoms with E-state index in [1.165, 1.54) is 0 Å². The molecule has 0 atom stereocenters. The number of Topliss-reactive ketones (excluding diaryl/α,β-unsaturated/α-hetero) is 1. The van der Waals surface area contributed by atoms with Crippen LogP contribution in [-0.2, 0) is 0 Å². The highest BCUT2D eigenvalue weighted by molar-refractivity contribution is 9.10. The Morgan fingerprint density at radius 3 is 2.93 bits per heavy atom. The van der Waals surface area contributed by atoms with Crippen LogP contribution >= 0.6 is 15.9 Å². The van der Waals surface area contributed by atoms with Gasteiger partial charge in [0.15, 0.2) is 5.78 Å². The molecule has 0 aromatic heterocycles. The van der Waals surface area contributed by atoms with E-state index in [2.05, 4.69) is 26.0 Å². The van der Waals surface area contributed by atoms with Gasteiger partial charge in [0.25, 0.3) is 0 Å². The summed E-state index contributed by atoms with van der Waals surface area (Å²) in [5.74, 6) is 0.423. The predicted octanol–water partition coefficient (Wildman–Crippen LogP) is 2.95. The number of ketones is 1. The van der Waals surface area contributed by atoms with Gasteiger partial charge in [-0.2, -0.15) is 0 Å². The van der Waals surface area contributed by atoms with Crippen molar-refractivity contribution in [2.45, 2.75) is 0 Å². The van der Waals surface area contributed by atoms with Gasteiger partial charge >= 0.3 is 0 Å². The molecule has 0 aliphatic carbocycles. The molecular formula is C9H8BrN3O2. The number of hydrogen-bond acceptors (Lipinski definition) is 3. The van der Waals surface area contributed by atoms with E-state index in [1.807, 2.05) is 0 Å². The molecule has 0 aliphatic heterocycles. The lowest BCUT2D eigenvalue weighted by Gasteiger charge is -2.04. The maximum atomic E-state index is 11.4. The number of azide groups is 1. The minimum Gasteiger partial charge on any atom is -0.496 e. The van der Waals surface area contributed by atoms with Gasteiger partial charge in [0, 0.05) is 10.5 Å². The molecular weight excluding hydrogens is 262 g/mol. The number of carbonyl (C=O) groups excluding carboxylic acids is 1. The van der Waals surface area contributed by atoms with Gasteiger partial charge in [0.05, 0.1) is 18.1 Å². The molecule has 0 spiro atoms. The van der Waals surface area contributed by atoms with Crippen molar-refractivity contribution in [3.63, 3.8) is 0 Å². The van der Waals surface area contributed by atoms with E-state index in [0.717, 1.165) is 0 Å². The van der Waals surface area contributed by atoms with Gasteiger partial charge < -0.3 is 4.74 Å². The van der Waals surface area contributed by atoms with E-state index in [-0.39, 0.29) is 12.3 Å². The van der Waals surface area contributed by atoms with E-state index in [9.17, 15) is 4.79 Å². The SMILES string of the molecule is COc1ccc(C(=O)CN=[N+]=[N-])cc1Br. The van der Waals surface area contributed by atoms with Gasteiger partial charge in [-0.05, 0) is 39.7 Å². The van der Waals surface area contributed by atoms with Crippen LogP contribution in [0.4, 0.5) is 0 Å². The number of methoxy groups -OCH3 is 1. The third-order valence-corrected chi connectivity index (χ3v) is 2.37. The van der Waals surface area contributed by atoms with Crippen LogP contribution in [0.3, 0.4) is 0 Å². The van der Waals surface area contributed by atoms with Crippen LogP contribution in [-0.4, -0.2) is 19.4 Å². The first-order chi connectivity index (χ1) is 7.19. The average molecular weight is 270 g/mol. The first kappa shape index (κ1) is 11.6. The van der Waals surface area contributed by atoms with Gasteiger partial charge in [-0.3, -0.25) is 4.79 Å². The van der Waals surface area contributed by atoms with Gasteiger partial charge in [0.1, 0.15) is 5.75 Å². The van der Waals surface area contributed by atoms with Crippen molar-refractivity contribution in [3.05, 3.63) is 38.7 Å². The van der Waals surface area contributed by atoms with Crippen LogP contribution in [0.25, 0.3) is 10.4 Å². The molecule has 78 valence electrons. The van der Waals surface area contributed by atoms with Crippen molar-refractivity contribution in [3.8, 4) is 5.75 Å². The van der Waals surface area contributed by atoms with E-state index < -0.39 is 0 Å². The summed E-state index contributed by atoms with van der Waals surface area (Å²) in [7, 11) is 1.54. The van der Waals surface area contributed by atoms with Gasteiger partial charge in [-0.25, -0.2) is 0 Å². The molecule has 0 saturated heterocycles. The van der Waals surface area contributed by atoms with E-state index >= 15 is 0 Å². The fourth-order valence-corrected chi connectivity index (χ4v) is 1.57. The van der Waals surface area contributed by atoms with Gasteiger partial charge in [0.2, 0.25) is 0 Å². The van der Waals surface area contributed by atoms with Crippen LogP contribution in [0.5, 0.6) is 5.75 Å². The Kier molecular flexibility index (Phi) is 4.15. The van der Waals surface area contributed by atoms with Crippen LogP contribution < -0.4 is 4.74 Å². The van der Waals surface area contributed by atoms with Crippen LogP contribution in [0, 0.1) is 0 Å². The first-order valence-electron chi connectivity index (χ1n) is 4.06. The Morgan fingerprint density at radius 1 is 1.67 bits per heavy atom. The van der Waals surface area contributed by atoms with E-state index in [4.69, 9.17) is 10.3 Å². The molecule has 0 N–H and O–H groups in total. The van der Waals surface area contributed by atoms with Gasteiger partial charge in [-0.1, -0.05) is 5.11 Å². The summed E-state index contributed by atoms with van der Waals surface area (Å²) in [5, 5.41) is 3.20. The Bertz CT molecular complexity index is 427. The smallest absolute Gasteiger partial charge is 0.168 e.